The zero-order chi connectivity index (χ0) is 24.0. The third-order valence-electron chi connectivity index (χ3n) is 5.43. The molecule has 2 aromatic carbocycles. The molecule has 33 heavy (non-hydrogen) atoms. The van der Waals surface area contributed by atoms with Gasteiger partial charge in [-0.15, -0.1) is 0 Å². The van der Waals surface area contributed by atoms with Crippen molar-refractivity contribution in [2.24, 2.45) is 0 Å². The summed E-state index contributed by atoms with van der Waals surface area (Å²) in [5.41, 5.74) is -0.468. The van der Waals surface area contributed by atoms with Crippen molar-refractivity contribution in [3.8, 4) is 5.75 Å². The molecular formula is C23H27F4N3O3. The fourth-order valence-corrected chi connectivity index (χ4v) is 3.70. The Kier molecular flexibility index (Phi) is 8.28. The molecule has 0 radical (unpaired) electrons. The number of ether oxygens (including phenoxy) is 1. The molecule has 0 saturated carbocycles. The number of piperazine rings is 1. The van der Waals surface area contributed by atoms with E-state index in [4.69, 9.17) is 4.74 Å². The average Bonchev–Trinajstić information content (AvgIpc) is 2.75. The van der Waals surface area contributed by atoms with Gasteiger partial charge in [-0.05, 0) is 43.3 Å². The molecule has 1 aliphatic heterocycles. The summed E-state index contributed by atoms with van der Waals surface area (Å²) in [6.07, 6.45) is -5.22. The van der Waals surface area contributed by atoms with E-state index in [0.717, 1.165) is 12.1 Å². The smallest absolute Gasteiger partial charge is 0.416 e. The van der Waals surface area contributed by atoms with Gasteiger partial charge in [0.15, 0.2) is 11.6 Å². The summed E-state index contributed by atoms with van der Waals surface area (Å²) in [5.74, 6) is -0.705. The predicted octanol–water partition coefficient (Wildman–Crippen LogP) is 3.23. The largest absolute Gasteiger partial charge is 0.488 e. The molecule has 6 nitrogen and oxygen atoms in total. The highest BCUT2D eigenvalue weighted by Crippen LogP contribution is 2.29. The minimum Gasteiger partial charge on any atom is -0.488 e. The molecule has 2 aromatic rings. The van der Waals surface area contributed by atoms with E-state index >= 15 is 0 Å². The standard InChI is InChI=1S/C23H27F4N3O3/c1-16-12-29(14-22(32)28-18-8-6-17(7-9-18)23(25,26)27)10-11-30(16)13-19(31)15-33-21-5-3-2-4-20(21)24/h2-9,16,19,31H,10-15H2,1H3,(H,28,32)/t16-,19-/m0/s1. The van der Waals surface area contributed by atoms with Crippen molar-refractivity contribution in [3.63, 3.8) is 0 Å². The second-order valence-corrected chi connectivity index (χ2v) is 8.10. The zero-order valence-corrected chi connectivity index (χ0v) is 18.2. The van der Waals surface area contributed by atoms with Crippen molar-refractivity contribution in [1.82, 2.24) is 9.80 Å². The van der Waals surface area contributed by atoms with Crippen molar-refractivity contribution in [2.45, 2.75) is 25.2 Å². The molecule has 1 amide bonds. The lowest BCUT2D eigenvalue weighted by molar-refractivity contribution is -0.137. The van der Waals surface area contributed by atoms with Gasteiger partial charge < -0.3 is 15.2 Å². The van der Waals surface area contributed by atoms with Crippen LogP contribution in [0.15, 0.2) is 48.5 Å². The first-order valence-electron chi connectivity index (χ1n) is 10.6. The van der Waals surface area contributed by atoms with E-state index < -0.39 is 23.7 Å². The van der Waals surface area contributed by atoms with Crippen molar-refractivity contribution in [1.29, 1.82) is 0 Å². The maximum Gasteiger partial charge on any atom is 0.416 e. The zero-order valence-electron chi connectivity index (χ0n) is 18.2. The summed E-state index contributed by atoms with van der Waals surface area (Å²) in [6, 6.07) is 10.4. The number of anilines is 1. The van der Waals surface area contributed by atoms with Gasteiger partial charge in [0.2, 0.25) is 5.91 Å². The number of nitrogens with zero attached hydrogens (tertiary/aromatic N) is 2. The molecule has 10 heteroatoms. The monoisotopic (exact) mass is 469 g/mol. The van der Waals surface area contributed by atoms with E-state index in [9.17, 15) is 27.5 Å². The van der Waals surface area contributed by atoms with Gasteiger partial charge in [-0.1, -0.05) is 12.1 Å². The van der Waals surface area contributed by atoms with Gasteiger partial charge >= 0.3 is 6.18 Å². The lowest BCUT2D eigenvalue weighted by atomic mass is 10.1. The van der Waals surface area contributed by atoms with Crippen LogP contribution in [-0.2, 0) is 11.0 Å². The SMILES string of the molecule is C[C@H]1CN(CC(=O)Nc2ccc(C(F)(F)F)cc2)CCN1C[C@H](O)COc1ccccc1F. The third kappa shape index (κ3) is 7.41. The topological polar surface area (TPSA) is 65.0 Å². The summed E-state index contributed by atoms with van der Waals surface area (Å²) < 4.78 is 56.9. The van der Waals surface area contributed by atoms with Crippen LogP contribution in [-0.4, -0.2) is 72.3 Å². The van der Waals surface area contributed by atoms with E-state index in [0.29, 0.717) is 31.9 Å². The number of hydrogen-bond acceptors (Lipinski definition) is 5. The fourth-order valence-electron chi connectivity index (χ4n) is 3.70. The fraction of sp³-hybridized carbons (Fsp3) is 0.435. The number of benzene rings is 2. The number of amides is 1. The molecule has 180 valence electrons. The Morgan fingerprint density at radius 3 is 2.52 bits per heavy atom. The van der Waals surface area contributed by atoms with Crippen LogP contribution in [0.3, 0.4) is 0 Å². The number of halogens is 4. The third-order valence-corrected chi connectivity index (χ3v) is 5.43. The molecule has 0 aromatic heterocycles. The molecule has 3 rings (SSSR count). The van der Waals surface area contributed by atoms with E-state index in [1.54, 1.807) is 12.1 Å². The van der Waals surface area contributed by atoms with Crippen LogP contribution < -0.4 is 10.1 Å². The van der Waals surface area contributed by atoms with Crippen LogP contribution in [0.25, 0.3) is 0 Å². The average molecular weight is 469 g/mol. The number of carbonyl (C=O) groups excluding carboxylic acids is 1. The molecule has 0 spiro atoms. The van der Waals surface area contributed by atoms with Crippen LogP contribution in [0.2, 0.25) is 0 Å². The van der Waals surface area contributed by atoms with Crippen LogP contribution in [0.5, 0.6) is 5.75 Å². The molecule has 2 atom stereocenters. The lowest BCUT2D eigenvalue weighted by Crippen LogP contribution is -2.55. The molecule has 0 unspecified atom stereocenters. The number of para-hydroxylation sites is 1. The molecule has 0 aliphatic carbocycles. The number of carbonyl (C=O) groups is 1. The van der Waals surface area contributed by atoms with Gasteiger partial charge in [-0.2, -0.15) is 13.2 Å². The van der Waals surface area contributed by atoms with E-state index in [1.165, 1.54) is 24.3 Å². The number of aliphatic hydroxyl groups excluding tert-OH is 1. The van der Waals surface area contributed by atoms with E-state index in [1.807, 2.05) is 11.8 Å². The first-order valence-corrected chi connectivity index (χ1v) is 10.6. The second-order valence-electron chi connectivity index (χ2n) is 8.10. The van der Waals surface area contributed by atoms with Crippen molar-refractivity contribution < 1.29 is 32.2 Å². The van der Waals surface area contributed by atoms with Crippen LogP contribution in [0.1, 0.15) is 12.5 Å². The van der Waals surface area contributed by atoms with Crippen LogP contribution >= 0.6 is 0 Å². The van der Waals surface area contributed by atoms with Gasteiger partial charge in [0.25, 0.3) is 0 Å². The lowest BCUT2D eigenvalue weighted by Gasteiger charge is -2.40. The minimum absolute atomic E-state index is 0.0383. The van der Waals surface area contributed by atoms with Crippen molar-refractivity contribution in [2.75, 3.05) is 44.6 Å². The molecule has 1 fully saturated rings. The Morgan fingerprint density at radius 2 is 1.88 bits per heavy atom. The number of aliphatic hydroxyl groups is 1. The van der Waals surface area contributed by atoms with E-state index in [-0.39, 0.29) is 30.9 Å². The number of nitrogens with one attached hydrogen (secondary N) is 1. The van der Waals surface area contributed by atoms with Crippen LogP contribution in [0.4, 0.5) is 23.2 Å². The Bertz CT molecular complexity index is 924. The maximum atomic E-state index is 13.6. The highest BCUT2D eigenvalue weighted by Gasteiger charge is 2.30. The summed E-state index contributed by atoms with van der Waals surface area (Å²) in [6.45, 7) is 4.19. The summed E-state index contributed by atoms with van der Waals surface area (Å²) >= 11 is 0. The van der Waals surface area contributed by atoms with Crippen molar-refractivity contribution in [3.05, 3.63) is 59.9 Å². The molecule has 0 bridgehead atoms. The van der Waals surface area contributed by atoms with Gasteiger partial charge in [-0.25, -0.2) is 4.39 Å². The molecule has 1 saturated heterocycles. The van der Waals surface area contributed by atoms with Gasteiger partial charge in [-0.3, -0.25) is 14.6 Å². The maximum absolute atomic E-state index is 13.6. The Morgan fingerprint density at radius 1 is 1.18 bits per heavy atom. The molecule has 1 heterocycles. The minimum atomic E-state index is -4.42. The summed E-state index contributed by atoms with van der Waals surface area (Å²) in [4.78, 5) is 16.3. The van der Waals surface area contributed by atoms with Crippen LogP contribution in [0, 0.1) is 5.82 Å². The van der Waals surface area contributed by atoms with Gasteiger partial charge in [0.05, 0.1) is 12.1 Å². The molecular weight excluding hydrogens is 442 g/mol. The molecule has 1 aliphatic rings. The Hall–Kier alpha value is -2.69. The highest BCUT2D eigenvalue weighted by atomic mass is 19.4. The summed E-state index contributed by atoms with van der Waals surface area (Å²) in [5, 5.41) is 12.9. The second kappa shape index (κ2) is 11.0. The number of alkyl halides is 3. The predicted molar refractivity (Wildman–Crippen MR) is 115 cm³/mol. The first-order chi connectivity index (χ1) is 15.6. The van der Waals surface area contributed by atoms with Gasteiger partial charge in [0, 0.05) is 37.9 Å². The normalized spacial score (nSPS) is 18.7. The van der Waals surface area contributed by atoms with Gasteiger partial charge in [0.1, 0.15) is 12.7 Å². The van der Waals surface area contributed by atoms with E-state index in [2.05, 4.69) is 10.2 Å². The Balaban J connectivity index is 1.41. The Labute approximate surface area is 189 Å². The quantitative estimate of drug-likeness (QED) is 0.582. The number of hydrogen-bond donors (Lipinski definition) is 2. The van der Waals surface area contributed by atoms with Crippen molar-refractivity contribution >= 4 is 11.6 Å². The first kappa shape index (κ1) is 24.9. The summed E-state index contributed by atoms with van der Waals surface area (Å²) in [7, 11) is 0. The molecule has 2 N–H and O–H groups in total. The highest BCUT2D eigenvalue weighted by molar-refractivity contribution is 5.92. The number of β-amino-alcohol motifs (C(OH)–C–C–N with tert-alkyl or cyclic N) is 1. The number of rotatable bonds is 8.